The Morgan fingerprint density at radius 3 is 2.56 bits per heavy atom. The van der Waals surface area contributed by atoms with Crippen molar-refractivity contribution in [3.63, 3.8) is 0 Å². The number of rotatable bonds is 12. The zero-order valence-corrected chi connectivity index (χ0v) is 20.3. The van der Waals surface area contributed by atoms with Gasteiger partial charge in [-0.2, -0.15) is 0 Å². The third-order valence-electron chi connectivity index (χ3n) is 5.48. The van der Waals surface area contributed by atoms with Crippen LogP contribution in [0.2, 0.25) is 0 Å². The number of hydrogen-bond donors (Lipinski definition) is 4. The molecule has 0 bridgehead atoms. The van der Waals surface area contributed by atoms with Crippen LogP contribution in [0.3, 0.4) is 0 Å². The molecule has 2 amide bonds. The molecule has 0 aliphatic rings. The standard InChI is InChI=1S/C26H32N4O3S/c1-19(34)27-15-8-7-13-24(30-26(32)33-18-20-9-3-2-4-10-20)25(31)28-16-14-21-17-29-23-12-6-5-11-22(21)23/h2-6,9-12,17,24,29H,7-8,13-16,18H2,1H3,(H,27,34)(H,28,31)(H,30,32)/t24-/m0/s1. The Morgan fingerprint density at radius 2 is 1.76 bits per heavy atom. The Kier molecular flexibility index (Phi) is 9.91. The molecule has 0 aliphatic heterocycles. The highest BCUT2D eigenvalue weighted by Gasteiger charge is 2.21. The lowest BCUT2D eigenvalue weighted by Crippen LogP contribution is -2.47. The third-order valence-corrected chi connectivity index (χ3v) is 5.63. The molecule has 180 valence electrons. The summed E-state index contributed by atoms with van der Waals surface area (Å²) in [5, 5.41) is 9.96. The average Bonchev–Trinajstić information content (AvgIpc) is 3.25. The summed E-state index contributed by atoms with van der Waals surface area (Å²) in [5.74, 6) is -0.213. The van der Waals surface area contributed by atoms with E-state index in [1.165, 1.54) is 0 Å². The van der Waals surface area contributed by atoms with Gasteiger partial charge in [0, 0.05) is 30.2 Å². The van der Waals surface area contributed by atoms with Crippen LogP contribution in [0.1, 0.15) is 37.3 Å². The van der Waals surface area contributed by atoms with Gasteiger partial charge >= 0.3 is 6.09 Å². The first kappa shape index (κ1) is 25.2. The summed E-state index contributed by atoms with van der Waals surface area (Å²) in [4.78, 5) is 29.3. The van der Waals surface area contributed by atoms with Crippen molar-refractivity contribution in [1.29, 1.82) is 0 Å². The average molecular weight is 481 g/mol. The number of hydrogen-bond acceptors (Lipinski definition) is 4. The lowest BCUT2D eigenvalue weighted by molar-refractivity contribution is -0.123. The Morgan fingerprint density at radius 1 is 1.00 bits per heavy atom. The van der Waals surface area contributed by atoms with Crippen LogP contribution < -0.4 is 16.0 Å². The van der Waals surface area contributed by atoms with Gasteiger partial charge in [-0.15, -0.1) is 0 Å². The summed E-state index contributed by atoms with van der Waals surface area (Å²) in [6.45, 7) is 3.20. The van der Waals surface area contributed by atoms with Crippen LogP contribution in [0.4, 0.5) is 4.79 Å². The van der Waals surface area contributed by atoms with E-state index >= 15 is 0 Å². The normalized spacial score (nSPS) is 11.6. The molecular weight excluding hydrogens is 448 g/mol. The minimum absolute atomic E-state index is 0.152. The van der Waals surface area contributed by atoms with Gasteiger partial charge in [-0.3, -0.25) is 4.79 Å². The van der Waals surface area contributed by atoms with Crippen LogP contribution >= 0.6 is 12.2 Å². The Labute approximate surface area is 205 Å². The maximum absolute atomic E-state index is 12.9. The van der Waals surface area contributed by atoms with E-state index in [0.29, 0.717) is 19.4 Å². The number of carbonyl (C=O) groups is 2. The van der Waals surface area contributed by atoms with E-state index < -0.39 is 12.1 Å². The molecule has 0 radical (unpaired) electrons. The molecule has 0 saturated heterocycles. The quantitative estimate of drug-likeness (QED) is 0.230. The van der Waals surface area contributed by atoms with Crippen molar-refractivity contribution in [3.8, 4) is 0 Å². The van der Waals surface area contributed by atoms with Crippen LogP contribution in [0.5, 0.6) is 0 Å². The number of alkyl carbamates (subject to hydrolysis) is 1. The highest BCUT2D eigenvalue weighted by atomic mass is 32.1. The molecular formula is C26H32N4O3S. The van der Waals surface area contributed by atoms with Crippen molar-refractivity contribution < 1.29 is 14.3 Å². The van der Waals surface area contributed by atoms with Gasteiger partial charge in [-0.05, 0) is 49.8 Å². The Balaban J connectivity index is 1.50. The fourth-order valence-electron chi connectivity index (χ4n) is 3.70. The molecule has 8 heteroatoms. The third kappa shape index (κ3) is 8.19. The van der Waals surface area contributed by atoms with Gasteiger partial charge in [0.25, 0.3) is 0 Å². The molecule has 3 rings (SSSR count). The molecule has 0 saturated carbocycles. The van der Waals surface area contributed by atoms with E-state index in [4.69, 9.17) is 17.0 Å². The number of carbonyl (C=O) groups excluding carboxylic acids is 2. The highest BCUT2D eigenvalue weighted by Crippen LogP contribution is 2.17. The summed E-state index contributed by atoms with van der Waals surface area (Å²) in [7, 11) is 0. The van der Waals surface area contributed by atoms with Gasteiger partial charge < -0.3 is 25.7 Å². The number of amides is 2. The van der Waals surface area contributed by atoms with Crippen LogP contribution in [0.15, 0.2) is 60.8 Å². The van der Waals surface area contributed by atoms with Crippen molar-refractivity contribution in [2.75, 3.05) is 13.1 Å². The number of thiocarbonyl (C=S) groups is 1. The first-order valence-electron chi connectivity index (χ1n) is 11.6. The second-order valence-corrected chi connectivity index (χ2v) is 8.75. The largest absolute Gasteiger partial charge is 0.445 e. The van der Waals surface area contributed by atoms with Crippen LogP contribution in [-0.2, 0) is 22.6 Å². The predicted molar refractivity (Wildman–Crippen MR) is 139 cm³/mol. The zero-order chi connectivity index (χ0) is 24.2. The van der Waals surface area contributed by atoms with Gasteiger partial charge in [0.2, 0.25) is 5.91 Å². The van der Waals surface area contributed by atoms with Gasteiger partial charge in [-0.1, -0.05) is 60.7 Å². The number of unbranched alkanes of at least 4 members (excludes halogenated alkanes) is 1. The molecule has 0 spiro atoms. The molecule has 1 heterocycles. The maximum atomic E-state index is 12.9. The molecule has 1 atom stereocenters. The van der Waals surface area contributed by atoms with Gasteiger partial charge in [-0.25, -0.2) is 4.79 Å². The first-order valence-corrected chi connectivity index (χ1v) is 12.0. The zero-order valence-electron chi connectivity index (χ0n) is 19.4. The number of benzene rings is 2. The summed E-state index contributed by atoms with van der Waals surface area (Å²) >= 11 is 5.02. The fraction of sp³-hybridized carbons (Fsp3) is 0.346. The lowest BCUT2D eigenvalue weighted by Gasteiger charge is -2.18. The van der Waals surface area contributed by atoms with Gasteiger partial charge in [0.05, 0.1) is 4.99 Å². The number of H-pyrrole nitrogens is 1. The monoisotopic (exact) mass is 480 g/mol. The minimum atomic E-state index is -0.667. The van der Waals surface area contributed by atoms with Gasteiger partial charge in [0.1, 0.15) is 12.6 Å². The van der Waals surface area contributed by atoms with Crippen LogP contribution in [-0.4, -0.2) is 41.1 Å². The number of fused-ring (bicyclic) bond motifs is 1. The molecule has 4 N–H and O–H groups in total. The smallest absolute Gasteiger partial charge is 0.408 e. The second kappa shape index (κ2) is 13.3. The highest BCUT2D eigenvalue weighted by molar-refractivity contribution is 7.80. The maximum Gasteiger partial charge on any atom is 0.408 e. The lowest BCUT2D eigenvalue weighted by atomic mass is 10.1. The molecule has 3 aromatic rings. The molecule has 0 fully saturated rings. The van der Waals surface area contributed by atoms with Crippen molar-refractivity contribution in [2.24, 2.45) is 0 Å². The number of nitrogens with one attached hydrogen (secondary N) is 4. The SMILES string of the molecule is CC(=S)NCCCC[C@H](NC(=O)OCc1ccccc1)C(=O)NCCc1c[nH]c2ccccc12. The summed E-state index contributed by atoms with van der Waals surface area (Å²) in [6, 6.07) is 16.8. The molecule has 34 heavy (non-hydrogen) atoms. The predicted octanol–water partition coefficient (Wildman–Crippen LogP) is 4.23. The van der Waals surface area contributed by atoms with Crippen LogP contribution in [0, 0.1) is 0 Å². The first-order chi connectivity index (χ1) is 16.5. The number of para-hydroxylation sites is 1. The van der Waals surface area contributed by atoms with E-state index in [9.17, 15) is 9.59 Å². The van der Waals surface area contributed by atoms with E-state index in [1.807, 2.05) is 61.7 Å². The molecule has 1 aromatic heterocycles. The number of aromatic nitrogens is 1. The fourth-order valence-corrected chi connectivity index (χ4v) is 3.80. The Bertz CT molecular complexity index is 1080. The van der Waals surface area contributed by atoms with Crippen molar-refractivity contribution in [1.82, 2.24) is 20.9 Å². The van der Waals surface area contributed by atoms with E-state index in [2.05, 4.69) is 27.0 Å². The summed E-state index contributed by atoms with van der Waals surface area (Å²) in [5.41, 5.74) is 3.10. The Hall–Kier alpha value is -3.39. The van der Waals surface area contributed by atoms with Crippen molar-refractivity contribution >= 4 is 40.1 Å². The topological polar surface area (TPSA) is 95.2 Å². The number of aromatic amines is 1. The summed E-state index contributed by atoms with van der Waals surface area (Å²) in [6.07, 6.45) is 4.17. The molecule has 0 unspecified atom stereocenters. The molecule has 7 nitrogen and oxygen atoms in total. The van der Waals surface area contributed by atoms with Gasteiger partial charge in [0.15, 0.2) is 0 Å². The van der Waals surface area contributed by atoms with Crippen molar-refractivity contribution in [2.45, 2.75) is 45.3 Å². The molecule has 0 aliphatic carbocycles. The summed E-state index contributed by atoms with van der Waals surface area (Å²) < 4.78 is 5.32. The molecule has 2 aromatic carbocycles. The van der Waals surface area contributed by atoms with Crippen molar-refractivity contribution in [3.05, 3.63) is 71.9 Å². The van der Waals surface area contributed by atoms with Crippen LogP contribution in [0.25, 0.3) is 10.9 Å². The number of ether oxygens (including phenoxy) is 1. The minimum Gasteiger partial charge on any atom is -0.445 e. The van der Waals surface area contributed by atoms with E-state index in [1.54, 1.807) is 0 Å². The second-order valence-electron chi connectivity index (χ2n) is 8.14. The van der Waals surface area contributed by atoms with E-state index in [0.717, 1.165) is 46.4 Å². The van der Waals surface area contributed by atoms with E-state index in [-0.39, 0.29) is 12.5 Å².